The van der Waals surface area contributed by atoms with Crippen molar-refractivity contribution >= 4 is 23.7 Å². The predicted octanol–water partition coefficient (Wildman–Crippen LogP) is 3.10. The van der Waals surface area contributed by atoms with Gasteiger partial charge in [0.15, 0.2) is 0 Å². The van der Waals surface area contributed by atoms with Gasteiger partial charge in [0.2, 0.25) is 5.91 Å². The Morgan fingerprint density at radius 1 is 1.25 bits per heavy atom. The van der Waals surface area contributed by atoms with E-state index in [2.05, 4.69) is 20.1 Å². The Balaban J connectivity index is 2.14. The Morgan fingerprint density at radius 2 is 1.89 bits per heavy atom. The highest BCUT2D eigenvalue weighted by Crippen LogP contribution is 2.25. The summed E-state index contributed by atoms with van der Waals surface area (Å²) in [7, 11) is 1.28. The van der Waals surface area contributed by atoms with Crippen molar-refractivity contribution in [1.29, 1.82) is 0 Å². The smallest absolute Gasteiger partial charge is 0.410 e. The van der Waals surface area contributed by atoms with E-state index in [4.69, 9.17) is 10.3 Å². The molecule has 1 aliphatic rings. The molecule has 0 spiro atoms. The third kappa shape index (κ3) is 5.37. The Morgan fingerprint density at radius 3 is 2.43 bits per heavy atom. The van der Waals surface area contributed by atoms with Crippen LogP contribution in [0.4, 0.5) is 10.5 Å². The van der Waals surface area contributed by atoms with E-state index < -0.39 is 35.7 Å². The maximum absolute atomic E-state index is 12.7. The van der Waals surface area contributed by atoms with E-state index in [-0.39, 0.29) is 13.0 Å². The fraction of sp³-hybridized carbons (Fsp3) is 0.500. The van der Waals surface area contributed by atoms with Crippen molar-refractivity contribution in [2.24, 2.45) is 5.11 Å². The van der Waals surface area contributed by atoms with Crippen molar-refractivity contribution in [3.63, 3.8) is 0 Å². The number of methoxy groups -OCH3 is 1. The van der Waals surface area contributed by atoms with Crippen molar-refractivity contribution < 1.29 is 23.9 Å². The quantitative estimate of drug-likeness (QED) is 0.365. The van der Waals surface area contributed by atoms with Crippen LogP contribution >= 0.6 is 0 Å². The van der Waals surface area contributed by atoms with Gasteiger partial charge >= 0.3 is 12.1 Å². The second-order valence-electron chi connectivity index (χ2n) is 7.30. The number of hydrogen-bond acceptors (Lipinski definition) is 6. The molecule has 10 nitrogen and oxygen atoms in total. The molecule has 0 radical (unpaired) electrons. The SMILES string of the molecule is COC(=O)c1ccc(NC(=O)[C@@H]2C[C@@H](N=[N+]=[N-])CN2C(=O)OC(C)(C)C)cc1. The number of benzene rings is 1. The molecule has 0 unspecified atom stereocenters. The van der Waals surface area contributed by atoms with Gasteiger partial charge in [0.05, 0.1) is 18.7 Å². The van der Waals surface area contributed by atoms with Crippen molar-refractivity contribution in [3.8, 4) is 0 Å². The van der Waals surface area contributed by atoms with E-state index in [1.165, 1.54) is 24.1 Å². The number of likely N-dealkylation sites (tertiary alicyclic amines) is 1. The van der Waals surface area contributed by atoms with E-state index in [0.29, 0.717) is 11.3 Å². The topological polar surface area (TPSA) is 134 Å². The molecule has 1 saturated heterocycles. The number of hydrogen-bond donors (Lipinski definition) is 1. The first kappa shape index (κ1) is 21.0. The van der Waals surface area contributed by atoms with Crippen molar-refractivity contribution in [3.05, 3.63) is 40.3 Å². The molecule has 2 atom stereocenters. The van der Waals surface area contributed by atoms with E-state index in [0.717, 1.165) is 0 Å². The van der Waals surface area contributed by atoms with Gasteiger partial charge in [0, 0.05) is 17.1 Å². The van der Waals surface area contributed by atoms with E-state index in [9.17, 15) is 14.4 Å². The van der Waals surface area contributed by atoms with Crippen LogP contribution in [0.25, 0.3) is 10.4 Å². The summed E-state index contributed by atoms with van der Waals surface area (Å²) in [5.74, 6) is -0.922. The number of amides is 2. The zero-order chi connectivity index (χ0) is 20.9. The van der Waals surface area contributed by atoms with Crippen LogP contribution in [-0.2, 0) is 14.3 Å². The van der Waals surface area contributed by atoms with Crippen LogP contribution in [0.15, 0.2) is 29.4 Å². The fourth-order valence-corrected chi connectivity index (χ4v) is 2.77. The first-order valence-corrected chi connectivity index (χ1v) is 8.67. The minimum absolute atomic E-state index is 0.0956. The number of azide groups is 1. The number of nitrogens with zero attached hydrogens (tertiary/aromatic N) is 4. The number of rotatable bonds is 4. The molecule has 10 heteroatoms. The number of esters is 1. The Kier molecular flexibility index (Phi) is 6.48. The molecule has 1 aliphatic heterocycles. The Hall–Kier alpha value is -3.26. The monoisotopic (exact) mass is 389 g/mol. The lowest BCUT2D eigenvalue weighted by atomic mass is 10.1. The molecule has 1 N–H and O–H groups in total. The predicted molar refractivity (Wildman–Crippen MR) is 101 cm³/mol. The van der Waals surface area contributed by atoms with E-state index in [1.54, 1.807) is 32.9 Å². The lowest BCUT2D eigenvalue weighted by molar-refractivity contribution is -0.120. The van der Waals surface area contributed by atoms with Crippen LogP contribution in [0.3, 0.4) is 0 Å². The molecule has 0 saturated carbocycles. The fourth-order valence-electron chi connectivity index (χ4n) is 2.77. The number of carbonyl (C=O) groups is 3. The number of anilines is 1. The van der Waals surface area contributed by atoms with Gasteiger partial charge in [-0.2, -0.15) is 0 Å². The number of carbonyl (C=O) groups excluding carboxylic acids is 3. The van der Waals surface area contributed by atoms with Crippen LogP contribution in [0.1, 0.15) is 37.6 Å². The van der Waals surface area contributed by atoms with Gasteiger partial charge in [-0.3, -0.25) is 9.69 Å². The van der Waals surface area contributed by atoms with Crippen LogP contribution in [0, 0.1) is 0 Å². The maximum atomic E-state index is 12.7. The van der Waals surface area contributed by atoms with Gasteiger partial charge in [-0.25, -0.2) is 9.59 Å². The zero-order valence-corrected chi connectivity index (χ0v) is 16.2. The van der Waals surface area contributed by atoms with Crippen molar-refractivity contribution in [2.45, 2.75) is 44.9 Å². The molecule has 28 heavy (non-hydrogen) atoms. The number of ether oxygens (including phenoxy) is 2. The van der Waals surface area contributed by atoms with Crippen LogP contribution < -0.4 is 5.32 Å². The highest BCUT2D eigenvalue weighted by Gasteiger charge is 2.41. The number of nitrogens with one attached hydrogen (secondary N) is 1. The Labute approximate surface area is 162 Å². The van der Waals surface area contributed by atoms with Crippen LogP contribution in [0.2, 0.25) is 0 Å². The average Bonchev–Trinajstić information content (AvgIpc) is 3.05. The first-order chi connectivity index (χ1) is 13.1. The summed E-state index contributed by atoms with van der Waals surface area (Å²) in [5.41, 5.74) is 8.75. The van der Waals surface area contributed by atoms with Gasteiger partial charge in [-0.1, -0.05) is 5.11 Å². The van der Waals surface area contributed by atoms with Gasteiger partial charge in [-0.15, -0.1) is 0 Å². The van der Waals surface area contributed by atoms with Gasteiger partial charge in [0.1, 0.15) is 11.6 Å². The maximum Gasteiger partial charge on any atom is 0.410 e. The standard InChI is InChI=1S/C18H23N5O5/c1-18(2,3)28-17(26)23-10-13(21-22-19)9-14(23)15(24)20-12-7-5-11(6-8-12)16(25)27-4/h5-8,13-14H,9-10H2,1-4H3,(H,20,24)/t13-,14+/m1/s1. The molecule has 2 amide bonds. The summed E-state index contributed by atoms with van der Waals surface area (Å²) in [4.78, 5) is 40.7. The summed E-state index contributed by atoms with van der Waals surface area (Å²) in [6.45, 7) is 5.27. The van der Waals surface area contributed by atoms with Crippen molar-refractivity contribution in [2.75, 3.05) is 19.0 Å². The molecule has 2 rings (SSSR count). The van der Waals surface area contributed by atoms with Crippen molar-refractivity contribution in [1.82, 2.24) is 4.90 Å². The molecule has 1 aromatic carbocycles. The second-order valence-corrected chi connectivity index (χ2v) is 7.30. The highest BCUT2D eigenvalue weighted by atomic mass is 16.6. The highest BCUT2D eigenvalue weighted by molar-refractivity contribution is 5.97. The zero-order valence-electron chi connectivity index (χ0n) is 16.2. The largest absolute Gasteiger partial charge is 0.465 e. The Bertz CT molecular complexity index is 796. The minimum Gasteiger partial charge on any atom is -0.465 e. The molecular formula is C18H23N5O5. The lowest BCUT2D eigenvalue weighted by Crippen LogP contribution is -2.45. The van der Waals surface area contributed by atoms with Gasteiger partial charge in [-0.05, 0) is 57.0 Å². The third-order valence-electron chi connectivity index (χ3n) is 4.00. The lowest BCUT2D eigenvalue weighted by Gasteiger charge is -2.28. The second kappa shape index (κ2) is 8.62. The molecule has 1 heterocycles. The average molecular weight is 389 g/mol. The van der Waals surface area contributed by atoms with Crippen LogP contribution in [0.5, 0.6) is 0 Å². The molecule has 1 fully saturated rings. The summed E-state index contributed by atoms with van der Waals surface area (Å²) < 4.78 is 9.98. The summed E-state index contributed by atoms with van der Waals surface area (Å²) in [6.07, 6.45) is -0.459. The summed E-state index contributed by atoms with van der Waals surface area (Å²) in [6, 6.07) is 4.79. The minimum atomic E-state index is -0.842. The van der Waals surface area contributed by atoms with Crippen LogP contribution in [-0.4, -0.2) is 54.2 Å². The normalized spacial score (nSPS) is 18.8. The molecular weight excluding hydrogens is 366 g/mol. The molecule has 0 aliphatic carbocycles. The molecule has 0 bridgehead atoms. The molecule has 1 aromatic rings. The summed E-state index contributed by atoms with van der Waals surface area (Å²) >= 11 is 0. The van der Waals surface area contributed by atoms with E-state index in [1.807, 2.05) is 0 Å². The van der Waals surface area contributed by atoms with E-state index >= 15 is 0 Å². The van der Waals surface area contributed by atoms with Gasteiger partial charge in [0.25, 0.3) is 0 Å². The molecule has 150 valence electrons. The molecule has 0 aromatic heterocycles. The first-order valence-electron chi connectivity index (χ1n) is 8.67. The van der Waals surface area contributed by atoms with Gasteiger partial charge < -0.3 is 14.8 Å². The summed E-state index contributed by atoms with van der Waals surface area (Å²) in [5, 5.41) is 6.34. The third-order valence-corrected chi connectivity index (χ3v) is 4.00.